The van der Waals surface area contributed by atoms with Gasteiger partial charge >= 0.3 is 7.12 Å². The fraction of sp³-hybridized carbons (Fsp3) is 0.375. The fourth-order valence-electron chi connectivity index (χ4n) is 2.25. The van der Waals surface area contributed by atoms with Crippen LogP contribution >= 0.6 is 15.9 Å². The van der Waals surface area contributed by atoms with Crippen molar-refractivity contribution in [3.8, 4) is 11.4 Å². The maximum Gasteiger partial charge on any atom is 0.496 e. The van der Waals surface area contributed by atoms with Crippen molar-refractivity contribution in [2.75, 3.05) is 0 Å². The van der Waals surface area contributed by atoms with Gasteiger partial charge < -0.3 is 9.31 Å². The Morgan fingerprint density at radius 3 is 2.27 bits per heavy atom. The Hall–Kier alpha value is -1.24. The van der Waals surface area contributed by atoms with Gasteiger partial charge in [0.15, 0.2) is 0 Å². The van der Waals surface area contributed by atoms with Gasteiger partial charge in [0, 0.05) is 22.3 Å². The van der Waals surface area contributed by atoms with Gasteiger partial charge in [0.2, 0.25) is 0 Å². The topological polar surface area (TPSA) is 44.2 Å². The molecular weight excluding hydrogens is 343 g/mol. The number of hydrogen-bond donors (Lipinski definition) is 0. The summed E-state index contributed by atoms with van der Waals surface area (Å²) in [4.78, 5) is 8.85. The van der Waals surface area contributed by atoms with Gasteiger partial charge in [-0.15, -0.1) is 0 Å². The summed E-state index contributed by atoms with van der Waals surface area (Å²) in [5.41, 5.74) is 1.81. The average molecular weight is 361 g/mol. The molecule has 0 aliphatic carbocycles. The van der Waals surface area contributed by atoms with E-state index in [-0.39, 0.29) is 11.2 Å². The van der Waals surface area contributed by atoms with Crippen LogP contribution in [0.2, 0.25) is 0 Å². The maximum atomic E-state index is 6.05. The highest BCUT2D eigenvalue weighted by atomic mass is 79.9. The van der Waals surface area contributed by atoms with E-state index in [0.29, 0.717) is 0 Å². The van der Waals surface area contributed by atoms with Crippen LogP contribution in [0.1, 0.15) is 27.7 Å². The quantitative estimate of drug-likeness (QED) is 0.771. The van der Waals surface area contributed by atoms with E-state index in [0.717, 1.165) is 21.3 Å². The van der Waals surface area contributed by atoms with E-state index < -0.39 is 7.12 Å². The summed E-state index contributed by atoms with van der Waals surface area (Å²) in [5.74, 6) is 0. The predicted octanol–water partition coefficient (Wildman–Crippen LogP) is 3.21. The highest BCUT2D eigenvalue weighted by Crippen LogP contribution is 2.36. The first-order valence-electron chi connectivity index (χ1n) is 7.23. The van der Waals surface area contributed by atoms with Gasteiger partial charge in [0.05, 0.1) is 16.9 Å². The average Bonchev–Trinajstić information content (AvgIpc) is 2.68. The molecule has 3 heterocycles. The van der Waals surface area contributed by atoms with Crippen LogP contribution in [0.25, 0.3) is 11.4 Å². The van der Waals surface area contributed by atoms with Crippen LogP contribution in [0.3, 0.4) is 0 Å². The number of nitrogens with zero attached hydrogens (tertiary/aromatic N) is 2. The van der Waals surface area contributed by atoms with Gasteiger partial charge in [0.1, 0.15) is 5.69 Å². The first kappa shape index (κ1) is 15.7. The Morgan fingerprint density at radius 1 is 1.05 bits per heavy atom. The van der Waals surface area contributed by atoms with E-state index in [2.05, 4.69) is 25.9 Å². The van der Waals surface area contributed by atoms with Crippen LogP contribution in [0, 0.1) is 0 Å². The standard InChI is InChI=1S/C16H18BBrN2O2/c1-15(2)16(3,4)22-17(21-15)11-9-12(18)14(20-10-11)13-7-5-6-8-19-13/h5-10H,1-4H3. The third-order valence-electron chi connectivity index (χ3n) is 4.30. The molecule has 6 heteroatoms. The molecule has 0 atom stereocenters. The molecule has 0 spiro atoms. The van der Waals surface area contributed by atoms with Gasteiger partial charge in [-0.3, -0.25) is 9.97 Å². The van der Waals surface area contributed by atoms with Crippen molar-refractivity contribution in [2.24, 2.45) is 0 Å². The van der Waals surface area contributed by atoms with Crippen LogP contribution in [0.4, 0.5) is 0 Å². The summed E-state index contributed by atoms with van der Waals surface area (Å²) in [6.07, 6.45) is 3.54. The van der Waals surface area contributed by atoms with Crippen LogP contribution in [0.5, 0.6) is 0 Å². The molecule has 1 aliphatic heterocycles. The monoisotopic (exact) mass is 360 g/mol. The summed E-state index contributed by atoms with van der Waals surface area (Å²) in [5, 5.41) is 0. The number of pyridine rings is 2. The second-order valence-corrected chi connectivity index (χ2v) is 7.26. The zero-order valence-electron chi connectivity index (χ0n) is 13.1. The zero-order valence-corrected chi connectivity index (χ0v) is 14.7. The van der Waals surface area contributed by atoms with Crippen molar-refractivity contribution in [1.29, 1.82) is 0 Å². The van der Waals surface area contributed by atoms with Crippen molar-refractivity contribution < 1.29 is 9.31 Å². The number of hydrogen-bond acceptors (Lipinski definition) is 4. The number of aromatic nitrogens is 2. The Bertz CT molecular complexity index is 676. The van der Waals surface area contributed by atoms with Gasteiger partial charge in [-0.25, -0.2) is 0 Å². The first-order valence-corrected chi connectivity index (χ1v) is 8.02. The molecule has 0 radical (unpaired) electrons. The molecule has 2 aromatic rings. The molecule has 22 heavy (non-hydrogen) atoms. The van der Waals surface area contributed by atoms with E-state index in [1.54, 1.807) is 12.4 Å². The van der Waals surface area contributed by atoms with Crippen molar-refractivity contribution in [1.82, 2.24) is 9.97 Å². The van der Waals surface area contributed by atoms with Crippen molar-refractivity contribution in [2.45, 2.75) is 38.9 Å². The zero-order chi connectivity index (χ0) is 16.0. The van der Waals surface area contributed by atoms with E-state index in [4.69, 9.17) is 9.31 Å². The minimum atomic E-state index is -0.411. The molecule has 114 valence electrons. The molecule has 4 nitrogen and oxygen atoms in total. The minimum absolute atomic E-state index is 0.357. The van der Waals surface area contributed by atoms with Crippen LogP contribution in [-0.2, 0) is 9.31 Å². The van der Waals surface area contributed by atoms with Crippen LogP contribution in [0.15, 0.2) is 41.1 Å². The Morgan fingerprint density at radius 2 is 1.73 bits per heavy atom. The number of rotatable bonds is 2. The lowest BCUT2D eigenvalue weighted by Gasteiger charge is -2.32. The molecule has 1 saturated heterocycles. The van der Waals surface area contributed by atoms with Crippen LogP contribution < -0.4 is 5.46 Å². The minimum Gasteiger partial charge on any atom is -0.399 e. The molecule has 0 aromatic carbocycles. The van der Waals surface area contributed by atoms with E-state index in [9.17, 15) is 0 Å². The smallest absolute Gasteiger partial charge is 0.399 e. The molecule has 0 N–H and O–H groups in total. The largest absolute Gasteiger partial charge is 0.496 e. The van der Waals surface area contributed by atoms with E-state index >= 15 is 0 Å². The van der Waals surface area contributed by atoms with Gasteiger partial charge in [-0.05, 0) is 61.8 Å². The van der Waals surface area contributed by atoms with E-state index in [1.807, 2.05) is 52.0 Å². The Balaban J connectivity index is 1.91. The molecule has 0 bridgehead atoms. The van der Waals surface area contributed by atoms with Gasteiger partial charge in [0.25, 0.3) is 0 Å². The normalized spacial score (nSPS) is 19.4. The Kier molecular flexibility index (Phi) is 3.87. The predicted molar refractivity (Wildman–Crippen MR) is 90.9 cm³/mol. The molecule has 0 unspecified atom stereocenters. The summed E-state index contributed by atoms with van der Waals surface area (Å²) in [7, 11) is -0.411. The van der Waals surface area contributed by atoms with Gasteiger partial charge in [-0.2, -0.15) is 0 Å². The summed E-state index contributed by atoms with van der Waals surface area (Å²) >= 11 is 3.57. The summed E-state index contributed by atoms with van der Waals surface area (Å²) in [6.45, 7) is 8.16. The highest BCUT2D eigenvalue weighted by molar-refractivity contribution is 9.10. The third kappa shape index (κ3) is 2.71. The number of halogens is 1. The Labute approximate surface area is 139 Å². The van der Waals surface area contributed by atoms with Crippen molar-refractivity contribution in [3.63, 3.8) is 0 Å². The lowest BCUT2D eigenvalue weighted by Crippen LogP contribution is -2.41. The highest BCUT2D eigenvalue weighted by Gasteiger charge is 2.51. The van der Waals surface area contributed by atoms with Crippen molar-refractivity contribution in [3.05, 3.63) is 41.1 Å². The fourth-order valence-corrected chi connectivity index (χ4v) is 2.82. The molecule has 2 aromatic heterocycles. The molecule has 1 aliphatic rings. The first-order chi connectivity index (χ1) is 10.3. The van der Waals surface area contributed by atoms with Crippen LogP contribution in [-0.4, -0.2) is 28.3 Å². The lowest BCUT2D eigenvalue weighted by molar-refractivity contribution is 0.00578. The van der Waals surface area contributed by atoms with Crippen molar-refractivity contribution >= 4 is 28.5 Å². The molecule has 3 rings (SSSR count). The third-order valence-corrected chi connectivity index (χ3v) is 4.90. The second-order valence-electron chi connectivity index (χ2n) is 6.40. The second kappa shape index (κ2) is 5.44. The molecular formula is C16H18BBrN2O2. The summed E-state index contributed by atoms with van der Waals surface area (Å²) in [6, 6.07) is 7.75. The molecule has 0 saturated carbocycles. The lowest BCUT2D eigenvalue weighted by atomic mass is 9.80. The maximum absolute atomic E-state index is 6.05. The summed E-state index contributed by atoms with van der Waals surface area (Å²) < 4.78 is 13.0. The molecule has 1 fully saturated rings. The van der Waals surface area contributed by atoms with Gasteiger partial charge in [-0.1, -0.05) is 6.07 Å². The van der Waals surface area contributed by atoms with E-state index in [1.165, 1.54) is 0 Å². The SMILES string of the molecule is CC1(C)OB(c2cnc(-c3ccccn3)c(Br)c2)OC1(C)C. The molecule has 0 amide bonds.